The summed E-state index contributed by atoms with van der Waals surface area (Å²) in [6.07, 6.45) is -3.97. The number of nitrogens with one attached hydrogen (secondary N) is 1. The van der Waals surface area contributed by atoms with E-state index in [0.717, 1.165) is 18.4 Å². The first kappa shape index (κ1) is 23.8. The van der Waals surface area contributed by atoms with E-state index in [1.54, 1.807) is 24.3 Å². The fourth-order valence-corrected chi connectivity index (χ4v) is 3.66. The molecule has 0 bridgehead atoms. The number of alkyl halides is 3. The summed E-state index contributed by atoms with van der Waals surface area (Å²) >= 11 is 5.58. The van der Waals surface area contributed by atoms with Gasteiger partial charge in [0.1, 0.15) is 12.3 Å². The van der Waals surface area contributed by atoms with Crippen molar-refractivity contribution >= 4 is 33.2 Å². The molecule has 0 fully saturated rings. The molecule has 6 nitrogen and oxygen atoms in total. The molecule has 0 saturated carbocycles. The number of nitrogens with zero attached hydrogens (tertiary/aromatic N) is 1. The predicted molar refractivity (Wildman–Crippen MR) is 108 cm³/mol. The first-order chi connectivity index (χ1) is 13.9. The van der Waals surface area contributed by atoms with Gasteiger partial charge in [0.15, 0.2) is 0 Å². The van der Waals surface area contributed by atoms with Gasteiger partial charge in [-0.25, -0.2) is 8.42 Å². The molecule has 2 rings (SSSR count). The minimum Gasteiger partial charge on any atom is -0.494 e. The molecule has 0 aliphatic carbocycles. The highest BCUT2D eigenvalue weighted by molar-refractivity contribution is 7.92. The summed E-state index contributed by atoms with van der Waals surface area (Å²) < 4.78 is 69.5. The van der Waals surface area contributed by atoms with E-state index in [1.165, 1.54) is 0 Å². The van der Waals surface area contributed by atoms with E-state index in [0.29, 0.717) is 28.3 Å². The van der Waals surface area contributed by atoms with Crippen LogP contribution in [0, 0.1) is 0 Å². The second kappa shape index (κ2) is 9.57. The van der Waals surface area contributed by atoms with Crippen molar-refractivity contribution < 1.29 is 31.1 Å². The molecule has 2 aromatic rings. The van der Waals surface area contributed by atoms with Gasteiger partial charge in [0, 0.05) is 6.54 Å². The molecular formula is C19H20ClF3N2O4S. The Morgan fingerprint density at radius 1 is 1.20 bits per heavy atom. The zero-order valence-electron chi connectivity index (χ0n) is 16.2. The van der Waals surface area contributed by atoms with Crippen LogP contribution in [0.25, 0.3) is 0 Å². The fraction of sp³-hybridized carbons (Fsp3) is 0.316. The van der Waals surface area contributed by atoms with Crippen LogP contribution in [0.1, 0.15) is 18.1 Å². The number of ether oxygens (including phenoxy) is 1. The number of halogens is 4. The lowest BCUT2D eigenvalue weighted by Gasteiger charge is -2.23. The van der Waals surface area contributed by atoms with Crippen LogP contribution < -0.4 is 14.4 Å². The molecular weight excluding hydrogens is 445 g/mol. The topological polar surface area (TPSA) is 75.7 Å². The fourth-order valence-electron chi connectivity index (χ4n) is 2.58. The smallest absolute Gasteiger partial charge is 0.417 e. The first-order valence-electron chi connectivity index (χ1n) is 8.74. The third-order valence-electron chi connectivity index (χ3n) is 3.93. The lowest BCUT2D eigenvalue weighted by Crippen LogP contribution is -2.40. The number of benzene rings is 2. The number of anilines is 1. The van der Waals surface area contributed by atoms with Crippen LogP contribution in [-0.4, -0.2) is 33.7 Å². The lowest BCUT2D eigenvalue weighted by atomic mass is 10.2. The monoisotopic (exact) mass is 464 g/mol. The maximum absolute atomic E-state index is 13.1. The van der Waals surface area contributed by atoms with Gasteiger partial charge in [-0.05, 0) is 42.8 Å². The Morgan fingerprint density at radius 2 is 1.90 bits per heavy atom. The molecule has 1 amide bonds. The van der Waals surface area contributed by atoms with Crippen LogP contribution in [0.2, 0.25) is 5.02 Å². The molecule has 0 aliphatic heterocycles. The number of hydrogen-bond acceptors (Lipinski definition) is 4. The van der Waals surface area contributed by atoms with E-state index < -0.39 is 39.2 Å². The van der Waals surface area contributed by atoms with E-state index in [1.807, 2.05) is 6.92 Å². The molecule has 0 radical (unpaired) electrons. The molecule has 164 valence electrons. The van der Waals surface area contributed by atoms with Crippen molar-refractivity contribution in [1.29, 1.82) is 0 Å². The number of hydrogen-bond donors (Lipinski definition) is 1. The molecule has 0 unspecified atom stereocenters. The molecule has 0 saturated heterocycles. The van der Waals surface area contributed by atoms with Crippen LogP contribution in [-0.2, 0) is 27.5 Å². The highest BCUT2D eigenvalue weighted by Crippen LogP contribution is 2.37. The molecule has 0 atom stereocenters. The Morgan fingerprint density at radius 3 is 2.50 bits per heavy atom. The summed E-state index contributed by atoms with van der Waals surface area (Å²) in [5, 5.41) is 1.98. The Bertz CT molecular complexity index is 1010. The van der Waals surface area contributed by atoms with Crippen LogP contribution in [0.3, 0.4) is 0 Å². The van der Waals surface area contributed by atoms with Crippen molar-refractivity contribution in [2.75, 3.05) is 23.7 Å². The summed E-state index contributed by atoms with van der Waals surface area (Å²) in [6, 6.07) is 9.59. The van der Waals surface area contributed by atoms with Gasteiger partial charge in [-0.15, -0.1) is 0 Å². The molecule has 0 heterocycles. The number of carbonyl (C=O) groups excluding carboxylic acids is 1. The highest BCUT2D eigenvalue weighted by Gasteiger charge is 2.34. The summed E-state index contributed by atoms with van der Waals surface area (Å²) in [5.41, 5.74) is -0.794. The maximum Gasteiger partial charge on any atom is 0.417 e. The third kappa shape index (κ3) is 6.53. The van der Waals surface area contributed by atoms with E-state index >= 15 is 0 Å². The van der Waals surface area contributed by atoms with Gasteiger partial charge in [0.05, 0.1) is 29.1 Å². The zero-order chi connectivity index (χ0) is 22.5. The van der Waals surface area contributed by atoms with Crippen molar-refractivity contribution in [2.24, 2.45) is 0 Å². The van der Waals surface area contributed by atoms with Crippen LogP contribution in [0.4, 0.5) is 18.9 Å². The minimum absolute atomic E-state index is 0.0891. The van der Waals surface area contributed by atoms with E-state index in [2.05, 4.69) is 5.32 Å². The van der Waals surface area contributed by atoms with Gasteiger partial charge in [-0.1, -0.05) is 23.7 Å². The van der Waals surface area contributed by atoms with Gasteiger partial charge in [0.2, 0.25) is 15.9 Å². The van der Waals surface area contributed by atoms with E-state index in [9.17, 15) is 26.4 Å². The molecule has 0 aromatic heterocycles. The van der Waals surface area contributed by atoms with Crippen LogP contribution in [0.5, 0.6) is 5.75 Å². The Balaban J connectivity index is 2.18. The van der Waals surface area contributed by atoms with Gasteiger partial charge < -0.3 is 10.1 Å². The maximum atomic E-state index is 13.1. The largest absolute Gasteiger partial charge is 0.494 e. The molecule has 30 heavy (non-hydrogen) atoms. The third-order valence-corrected chi connectivity index (χ3v) is 5.40. The second-order valence-corrected chi connectivity index (χ2v) is 8.60. The summed E-state index contributed by atoms with van der Waals surface area (Å²) in [6.45, 7) is 1.70. The molecule has 11 heteroatoms. The number of amides is 1. The number of carbonyl (C=O) groups is 1. The van der Waals surface area contributed by atoms with Crippen molar-refractivity contribution in [3.63, 3.8) is 0 Å². The average Bonchev–Trinajstić information content (AvgIpc) is 2.64. The zero-order valence-corrected chi connectivity index (χ0v) is 17.7. The standard InChI is InChI=1S/C19H20ClF3N2O4S/c1-3-29-15-6-4-5-13(9-15)11-24-18(26)12-25(30(2,27)28)14-7-8-17(20)16(10-14)19(21,22)23/h4-10H,3,11-12H2,1-2H3,(H,24,26). The summed E-state index contributed by atoms with van der Waals surface area (Å²) in [5.74, 6) is -0.0754. The lowest BCUT2D eigenvalue weighted by molar-refractivity contribution is -0.137. The Kier molecular flexibility index (Phi) is 7.59. The average molecular weight is 465 g/mol. The van der Waals surface area contributed by atoms with Crippen molar-refractivity contribution in [2.45, 2.75) is 19.6 Å². The molecule has 1 N–H and O–H groups in total. The SMILES string of the molecule is CCOc1cccc(CNC(=O)CN(c2ccc(Cl)c(C(F)(F)F)c2)S(C)(=O)=O)c1. The molecule has 0 spiro atoms. The van der Waals surface area contributed by atoms with Gasteiger partial charge in [0.25, 0.3) is 0 Å². The minimum atomic E-state index is -4.77. The van der Waals surface area contributed by atoms with Gasteiger partial charge >= 0.3 is 6.18 Å². The van der Waals surface area contributed by atoms with Gasteiger partial charge in [-0.3, -0.25) is 9.10 Å². The normalized spacial score (nSPS) is 11.8. The van der Waals surface area contributed by atoms with E-state index in [4.69, 9.17) is 16.3 Å². The molecule has 2 aromatic carbocycles. The number of rotatable bonds is 8. The predicted octanol–water partition coefficient (Wildman–Crippen LogP) is 3.84. The van der Waals surface area contributed by atoms with Crippen LogP contribution in [0.15, 0.2) is 42.5 Å². The van der Waals surface area contributed by atoms with Gasteiger partial charge in [-0.2, -0.15) is 13.2 Å². The summed E-state index contributed by atoms with van der Waals surface area (Å²) in [4.78, 5) is 12.3. The highest BCUT2D eigenvalue weighted by atomic mass is 35.5. The van der Waals surface area contributed by atoms with Crippen LogP contribution >= 0.6 is 11.6 Å². The quantitative estimate of drug-likeness (QED) is 0.644. The van der Waals surface area contributed by atoms with Crippen molar-refractivity contribution in [3.8, 4) is 5.75 Å². The Hall–Kier alpha value is -2.46. The summed E-state index contributed by atoms with van der Waals surface area (Å²) in [7, 11) is -4.04. The van der Waals surface area contributed by atoms with Crippen molar-refractivity contribution in [1.82, 2.24) is 5.32 Å². The van der Waals surface area contributed by atoms with E-state index in [-0.39, 0.29) is 12.2 Å². The first-order valence-corrected chi connectivity index (χ1v) is 11.0. The Labute approximate surface area is 177 Å². The molecule has 0 aliphatic rings. The van der Waals surface area contributed by atoms with Crippen molar-refractivity contribution in [3.05, 3.63) is 58.6 Å². The second-order valence-electron chi connectivity index (χ2n) is 6.29. The number of sulfonamides is 1.